The summed E-state index contributed by atoms with van der Waals surface area (Å²) in [4.78, 5) is 0. The first-order valence-corrected chi connectivity index (χ1v) is 2.13. The minimum atomic E-state index is -0.377. The third-order valence-electron chi connectivity index (χ3n) is 0.321. The van der Waals surface area contributed by atoms with E-state index in [1.165, 1.54) is 0 Å². The predicted molar refractivity (Wildman–Crippen MR) is 26.3 cm³/mol. The SMILES string of the molecule is CCNC([O-])=S.[Na+]. The smallest absolute Gasteiger partial charge is 0.852 e. The predicted octanol–water partition coefficient (Wildman–Crippen LogP) is -3.75. The van der Waals surface area contributed by atoms with Crippen LogP contribution in [0, 0.1) is 0 Å². The fourth-order valence-corrected chi connectivity index (χ4v) is 0.289. The van der Waals surface area contributed by atoms with Crippen LogP contribution < -0.4 is 40.0 Å². The van der Waals surface area contributed by atoms with Crippen molar-refractivity contribution in [1.29, 1.82) is 0 Å². The van der Waals surface area contributed by atoms with Crippen molar-refractivity contribution < 1.29 is 34.7 Å². The van der Waals surface area contributed by atoms with Gasteiger partial charge in [-0.05, 0) is 6.92 Å². The van der Waals surface area contributed by atoms with E-state index in [4.69, 9.17) is 0 Å². The molecule has 0 aromatic carbocycles. The van der Waals surface area contributed by atoms with Crippen LogP contribution in [0.25, 0.3) is 0 Å². The first-order chi connectivity index (χ1) is 2.77. The topological polar surface area (TPSA) is 35.1 Å². The van der Waals surface area contributed by atoms with Gasteiger partial charge in [0, 0.05) is 11.7 Å². The van der Waals surface area contributed by atoms with Gasteiger partial charge in [-0.3, -0.25) is 0 Å². The first-order valence-electron chi connectivity index (χ1n) is 1.72. The Labute approximate surface area is 70.6 Å². The van der Waals surface area contributed by atoms with Crippen LogP contribution in [0.15, 0.2) is 0 Å². The molecule has 4 heteroatoms. The average Bonchev–Trinajstić information content (AvgIpc) is 1.35. The van der Waals surface area contributed by atoms with Crippen LogP contribution in [0.2, 0.25) is 0 Å². The van der Waals surface area contributed by atoms with E-state index >= 15 is 0 Å². The van der Waals surface area contributed by atoms with E-state index in [-0.39, 0.29) is 34.7 Å². The van der Waals surface area contributed by atoms with E-state index in [0.29, 0.717) is 6.54 Å². The molecule has 0 radical (unpaired) electrons. The summed E-state index contributed by atoms with van der Waals surface area (Å²) in [6.45, 7) is 2.45. The molecule has 0 amide bonds. The quantitative estimate of drug-likeness (QED) is 0.290. The van der Waals surface area contributed by atoms with Crippen LogP contribution in [-0.4, -0.2) is 11.7 Å². The molecule has 0 bridgehead atoms. The monoisotopic (exact) mass is 127 g/mol. The normalized spacial score (nSPS) is 6.43. The Bertz CT molecular complexity index is 58.9. The van der Waals surface area contributed by atoms with E-state index in [1.807, 2.05) is 6.92 Å². The van der Waals surface area contributed by atoms with Gasteiger partial charge in [0.05, 0.1) is 0 Å². The summed E-state index contributed by atoms with van der Waals surface area (Å²) in [6, 6.07) is 0. The molecule has 0 aliphatic heterocycles. The summed E-state index contributed by atoms with van der Waals surface area (Å²) in [6.07, 6.45) is 0. The maximum absolute atomic E-state index is 9.75. The molecule has 0 aromatic rings. The van der Waals surface area contributed by atoms with Crippen molar-refractivity contribution in [2.45, 2.75) is 6.92 Å². The van der Waals surface area contributed by atoms with Gasteiger partial charge in [0.2, 0.25) is 0 Å². The maximum Gasteiger partial charge on any atom is 1.00 e. The molecule has 1 N–H and O–H groups in total. The molecule has 0 saturated heterocycles. The van der Waals surface area contributed by atoms with E-state index in [1.54, 1.807) is 0 Å². The summed E-state index contributed by atoms with van der Waals surface area (Å²) in [5.74, 6) is 0. The molecule has 36 valence electrons. The van der Waals surface area contributed by atoms with Crippen LogP contribution in [0.3, 0.4) is 0 Å². The molecular weight excluding hydrogens is 121 g/mol. The molecule has 0 heterocycles. The molecule has 0 fully saturated rings. The van der Waals surface area contributed by atoms with E-state index in [2.05, 4.69) is 17.5 Å². The largest absolute Gasteiger partial charge is 1.00 e. The zero-order chi connectivity index (χ0) is 4.99. The van der Waals surface area contributed by atoms with Gasteiger partial charge in [0.1, 0.15) is 0 Å². The fraction of sp³-hybridized carbons (Fsp3) is 0.667. The second kappa shape index (κ2) is 6.69. The number of hydrogen-bond donors (Lipinski definition) is 1. The number of nitrogens with one attached hydrogen (secondary N) is 1. The van der Waals surface area contributed by atoms with Gasteiger partial charge >= 0.3 is 29.6 Å². The summed E-state index contributed by atoms with van der Waals surface area (Å²) in [7, 11) is 0. The van der Waals surface area contributed by atoms with E-state index in [9.17, 15) is 5.11 Å². The molecule has 0 aromatic heterocycles. The van der Waals surface area contributed by atoms with Gasteiger partial charge in [-0.2, -0.15) is 0 Å². The number of hydrogen-bond acceptors (Lipinski definition) is 2. The summed E-state index contributed by atoms with van der Waals surface area (Å²) >= 11 is 4.13. The molecule has 0 saturated carbocycles. The van der Waals surface area contributed by atoms with Crippen molar-refractivity contribution in [3.05, 3.63) is 0 Å². The Balaban J connectivity index is 0. The van der Waals surface area contributed by atoms with Crippen LogP contribution in [0.4, 0.5) is 0 Å². The van der Waals surface area contributed by atoms with Crippen molar-refractivity contribution in [3.8, 4) is 0 Å². The van der Waals surface area contributed by atoms with E-state index in [0.717, 1.165) is 0 Å². The van der Waals surface area contributed by atoms with Gasteiger partial charge < -0.3 is 10.4 Å². The van der Waals surface area contributed by atoms with Gasteiger partial charge in [-0.25, -0.2) is 0 Å². The van der Waals surface area contributed by atoms with Crippen molar-refractivity contribution in [3.63, 3.8) is 0 Å². The van der Waals surface area contributed by atoms with Crippen LogP contribution in [0.5, 0.6) is 0 Å². The first kappa shape index (κ1) is 10.6. The third-order valence-corrected chi connectivity index (χ3v) is 0.465. The standard InChI is InChI=1S/C3H7NOS.Na/c1-2-4-3(5)6;/h2H2,1H3,(H2,4,5,6);/q;+1/p-1. The minimum absolute atomic E-state index is 0. The average molecular weight is 127 g/mol. The molecule has 7 heavy (non-hydrogen) atoms. The van der Waals surface area contributed by atoms with Gasteiger partial charge in [-0.15, -0.1) is 0 Å². The van der Waals surface area contributed by atoms with Crippen molar-refractivity contribution in [1.82, 2.24) is 5.32 Å². The molecule has 0 atom stereocenters. The van der Waals surface area contributed by atoms with Crippen molar-refractivity contribution in [2.75, 3.05) is 6.54 Å². The molecule has 0 aliphatic carbocycles. The molecule has 0 rings (SSSR count). The summed E-state index contributed by atoms with van der Waals surface area (Å²) < 4.78 is 0. The Morgan fingerprint density at radius 2 is 2.29 bits per heavy atom. The molecule has 0 aliphatic rings. The Morgan fingerprint density at radius 3 is 2.29 bits per heavy atom. The Kier molecular flexibility index (Phi) is 10.2. The molecule has 2 nitrogen and oxygen atoms in total. The van der Waals surface area contributed by atoms with E-state index < -0.39 is 0 Å². The number of thiocarbonyl (C=S) groups is 1. The molecule has 0 spiro atoms. The van der Waals surface area contributed by atoms with Crippen molar-refractivity contribution >= 4 is 17.4 Å². The second-order valence-corrected chi connectivity index (χ2v) is 1.19. The summed E-state index contributed by atoms with van der Waals surface area (Å²) in [5, 5.41) is 11.8. The Morgan fingerprint density at radius 1 is 1.86 bits per heavy atom. The van der Waals surface area contributed by atoms with Crippen LogP contribution in [0.1, 0.15) is 6.92 Å². The third kappa shape index (κ3) is 10.8. The van der Waals surface area contributed by atoms with Gasteiger partial charge in [0.25, 0.3) is 0 Å². The van der Waals surface area contributed by atoms with Crippen LogP contribution in [-0.2, 0) is 0 Å². The second-order valence-electron chi connectivity index (χ2n) is 0.818. The van der Waals surface area contributed by atoms with Crippen LogP contribution >= 0.6 is 12.2 Å². The zero-order valence-electron chi connectivity index (χ0n) is 4.52. The summed E-state index contributed by atoms with van der Waals surface area (Å²) in [5.41, 5.74) is 0. The minimum Gasteiger partial charge on any atom is -0.852 e. The zero-order valence-corrected chi connectivity index (χ0v) is 7.34. The van der Waals surface area contributed by atoms with Crippen molar-refractivity contribution in [2.24, 2.45) is 0 Å². The van der Waals surface area contributed by atoms with Gasteiger partial charge in [-0.1, -0.05) is 12.2 Å². The fourth-order valence-electron chi connectivity index (χ4n) is 0.144. The number of rotatable bonds is 1. The molecular formula is C3H6NNaOS. The van der Waals surface area contributed by atoms with Gasteiger partial charge in [0.15, 0.2) is 0 Å². The molecule has 0 unspecified atom stereocenters. The maximum atomic E-state index is 9.75. The Hall–Kier alpha value is 0.690.